The molecular formula is C19H21N3O2. The zero-order chi connectivity index (χ0) is 16.9. The summed E-state index contributed by atoms with van der Waals surface area (Å²) in [7, 11) is 1.62. The Hall–Kier alpha value is -2.82. The van der Waals surface area contributed by atoms with E-state index in [0.29, 0.717) is 19.4 Å². The minimum absolute atomic E-state index is 0.0185. The molecule has 3 rings (SSSR count). The van der Waals surface area contributed by atoms with Crippen LogP contribution in [0.5, 0.6) is 5.75 Å². The van der Waals surface area contributed by atoms with Crippen molar-refractivity contribution >= 4 is 16.9 Å². The second kappa shape index (κ2) is 7.17. The van der Waals surface area contributed by atoms with Crippen molar-refractivity contribution in [2.45, 2.75) is 19.8 Å². The van der Waals surface area contributed by atoms with Crippen LogP contribution in [0.4, 0.5) is 0 Å². The molecule has 0 atom stereocenters. The van der Waals surface area contributed by atoms with Gasteiger partial charge in [0.25, 0.3) is 0 Å². The summed E-state index contributed by atoms with van der Waals surface area (Å²) in [4.78, 5) is 19.9. The van der Waals surface area contributed by atoms with E-state index in [0.717, 1.165) is 33.7 Å². The van der Waals surface area contributed by atoms with Gasteiger partial charge in [0.1, 0.15) is 11.6 Å². The lowest BCUT2D eigenvalue weighted by Gasteiger charge is -2.09. The smallest absolute Gasteiger partial charge is 0.224 e. The van der Waals surface area contributed by atoms with Crippen molar-refractivity contribution in [2.75, 3.05) is 13.7 Å². The van der Waals surface area contributed by atoms with Crippen LogP contribution < -0.4 is 10.1 Å². The number of nitrogens with zero attached hydrogens (tertiary/aromatic N) is 1. The van der Waals surface area contributed by atoms with Gasteiger partial charge in [-0.2, -0.15) is 0 Å². The Balaban J connectivity index is 1.55. The molecule has 3 aromatic rings. The van der Waals surface area contributed by atoms with Gasteiger partial charge in [-0.25, -0.2) is 4.98 Å². The van der Waals surface area contributed by atoms with Crippen molar-refractivity contribution in [1.82, 2.24) is 15.3 Å². The highest BCUT2D eigenvalue weighted by molar-refractivity contribution is 5.79. The fraction of sp³-hybridized carbons (Fsp3) is 0.263. The maximum atomic E-state index is 12.2. The van der Waals surface area contributed by atoms with Crippen LogP contribution in [0.3, 0.4) is 0 Å². The Morgan fingerprint density at radius 2 is 2.08 bits per heavy atom. The lowest BCUT2D eigenvalue weighted by Crippen LogP contribution is -2.27. The normalized spacial score (nSPS) is 10.8. The van der Waals surface area contributed by atoms with Gasteiger partial charge in [-0.1, -0.05) is 29.8 Å². The number of nitrogens with one attached hydrogen (secondary N) is 2. The molecule has 0 saturated heterocycles. The van der Waals surface area contributed by atoms with Gasteiger partial charge in [-0.3, -0.25) is 4.79 Å². The van der Waals surface area contributed by atoms with E-state index in [2.05, 4.69) is 15.3 Å². The molecule has 124 valence electrons. The number of hydrogen-bond acceptors (Lipinski definition) is 3. The quantitative estimate of drug-likeness (QED) is 0.733. The molecule has 0 bridgehead atoms. The number of amides is 1. The van der Waals surface area contributed by atoms with Crippen molar-refractivity contribution < 1.29 is 9.53 Å². The number of fused-ring (bicyclic) bond motifs is 1. The van der Waals surface area contributed by atoms with Crippen LogP contribution in [0.2, 0.25) is 0 Å². The maximum absolute atomic E-state index is 12.2. The van der Waals surface area contributed by atoms with Gasteiger partial charge in [0, 0.05) is 18.5 Å². The number of carbonyl (C=O) groups is 1. The molecule has 0 radical (unpaired) electrons. The summed E-state index contributed by atoms with van der Waals surface area (Å²) in [5.41, 5.74) is 3.98. The Kier molecular flexibility index (Phi) is 4.79. The van der Waals surface area contributed by atoms with Crippen LogP contribution in [0, 0.1) is 6.92 Å². The molecule has 0 saturated carbocycles. The summed E-state index contributed by atoms with van der Waals surface area (Å²) in [5.74, 6) is 1.60. The topological polar surface area (TPSA) is 67.0 Å². The molecule has 0 unspecified atom stereocenters. The third kappa shape index (κ3) is 3.74. The number of aromatic nitrogens is 2. The number of rotatable bonds is 6. The number of ether oxygens (including phenoxy) is 1. The predicted octanol–water partition coefficient (Wildman–Crippen LogP) is 2.78. The number of para-hydroxylation sites is 2. The number of hydrogen-bond donors (Lipinski definition) is 2. The number of carbonyl (C=O) groups excluding carboxylic acids is 1. The van der Waals surface area contributed by atoms with E-state index in [9.17, 15) is 4.79 Å². The van der Waals surface area contributed by atoms with Crippen molar-refractivity contribution in [2.24, 2.45) is 0 Å². The summed E-state index contributed by atoms with van der Waals surface area (Å²) in [5, 5.41) is 2.94. The predicted molar refractivity (Wildman–Crippen MR) is 94.2 cm³/mol. The van der Waals surface area contributed by atoms with Crippen molar-refractivity contribution in [3.05, 3.63) is 59.4 Å². The Labute approximate surface area is 141 Å². The highest BCUT2D eigenvalue weighted by Gasteiger charge is 2.09. The zero-order valence-electron chi connectivity index (χ0n) is 13.9. The summed E-state index contributed by atoms with van der Waals surface area (Å²) in [6, 6.07) is 13.8. The highest BCUT2D eigenvalue weighted by atomic mass is 16.5. The van der Waals surface area contributed by atoms with Gasteiger partial charge < -0.3 is 15.0 Å². The highest BCUT2D eigenvalue weighted by Crippen LogP contribution is 2.20. The van der Waals surface area contributed by atoms with Crippen molar-refractivity contribution in [3.8, 4) is 5.75 Å². The van der Waals surface area contributed by atoms with Crippen LogP contribution in [0.15, 0.2) is 42.5 Å². The number of H-pyrrole nitrogens is 1. The first kappa shape index (κ1) is 16.1. The Morgan fingerprint density at radius 1 is 1.25 bits per heavy atom. The van der Waals surface area contributed by atoms with Crippen LogP contribution in [-0.2, 0) is 17.6 Å². The third-order valence-corrected chi connectivity index (χ3v) is 3.91. The van der Waals surface area contributed by atoms with Gasteiger partial charge in [-0.15, -0.1) is 0 Å². The standard InChI is InChI=1S/C19H21N3O2/c1-13-7-8-17(24-2)14(11-13)12-19(23)20-10-9-18-21-15-5-3-4-6-16(15)22-18/h3-8,11H,9-10,12H2,1-2H3,(H,20,23)(H,21,22). The van der Waals surface area contributed by atoms with E-state index >= 15 is 0 Å². The third-order valence-electron chi connectivity index (χ3n) is 3.91. The molecule has 5 nitrogen and oxygen atoms in total. The first-order valence-electron chi connectivity index (χ1n) is 7.99. The molecule has 0 aliphatic heterocycles. The lowest BCUT2D eigenvalue weighted by atomic mass is 10.1. The minimum atomic E-state index is -0.0185. The lowest BCUT2D eigenvalue weighted by molar-refractivity contribution is -0.120. The van der Waals surface area contributed by atoms with Gasteiger partial charge in [-0.05, 0) is 25.1 Å². The molecule has 0 aliphatic rings. The molecule has 24 heavy (non-hydrogen) atoms. The molecule has 1 amide bonds. The van der Waals surface area contributed by atoms with Gasteiger partial charge in [0.2, 0.25) is 5.91 Å². The van der Waals surface area contributed by atoms with E-state index in [1.807, 2.05) is 49.4 Å². The molecule has 0 aliphatic carbocycles. The average molecular weight is 323 g/mol. The molecule has 0 spiro atoms. The first-order chi connectivity index (χ1) is 11.7. The maximum Gasteiger partial charge on any atom is 0.224 e. The van der Waals surface area contributed by atoms with Crippen molar-refractivity contribution in [1.29, 1.82) is 0 Å². The second-order valence-electron chi connectivity index (χ2n) is 5.79. The van der Waals surface area contributed by atoms with Crippen LogP contribution in [0.1, 0.15) is 17.0 Å². The van der Waals surface area contributed by atoms with E-state index in [1.54, 1.807) is 7.11 Å². The Morgan fingerprint density at radius 3 is 2.88 bits per heavy atom. The molecule has 1 heterocycles. The molecule has 5 heteroatoms. The largest absolute Gasteiger partial charge is 0.496 e. The average Bonchev–Trinajstić information content (AvgIpc) is 2.97. The number of benzene rings is 2. The summed E-state index contributed by atoms with van der Waals surface area (Å²) < 4.78 is 5.31. The van der Waals surface area contributed by atoms with E-state index in [1.165, 1.54) is 0 Å². The zero-order valence-corrected chi connectivity index (χ0v) is 13.9. The van der Waals surface area contributed by atoms with E-state index < -0.39 is 0 Å². The van der Waals surface area contributed by atoms with Crippen LogP contribution in [0.25, 0.3) is 11.0 Å². The molecule has 1 aromatic heterocycles. The van der Waals surface area contributed by atoms with Gasteiger partial charge >= 0.3 is 0 Å². The molecule has 0 fully saturated rings. The monoisotopic (exact) mass is 323 g/mol. The van der Waals surface area contributed by atoms with Gasteiger partial charge in [0.05, 0.1) is 24.6 Å². The minimum Gasteiger partial charge on any atom is -0.496 e. The van der Waals surface area contributed by atoms with Crippen LogP contribution >= 0.6 is 0 Å². The molecular weight excluding hydrogens is 302 g/mol. The van der Waals surface area contributed by atoms with Gasteiger partial charge in [0.15, 0.2) is 0 Å². The second-order valence-corrected chi connectivity index (χ2v) is 5.79. The van der Waals surface area contributed by atoms with Crippen molar-refractivity contribution in [3.63, 3.8) is 0 Å². The fourth-order valence-corrected chi connectivity index (χ4v) is 2.73. The summed E-state index contributed by atoms with van der Waals surface area (Å²) in [6.45, 7) is 2.55. The SMILES string of the molecule is COc1ccc(C)cc1CC(=O)NCCc1nc2ccccc2[nH]1. The van der Waals surface area contributed by atoms with E-state index in [4.69, 9.17) is 4.74 Å². The number of aromatic amines is 1. The first-order valence-corrected chi connectivity index (χ1v) is 7.99. The fourth-order valence-electron chi connectivity index (χ4n) is 2.73. The van der Waals surface area contributed by atoms with Crippen LogP contribution in [-0.4, -0.2) is 29.5 Å². The van der Waals surface area contributed by atoms with E-state index in [-0.39, 0.29) is 5.91 Å². The Bertz CT molecular complexity index is 822. The molecule has 2 N–H and O–H groups in total. The summed E-state index contributed by atoms with van der Waals surface area (Å²) >= 11 is 0. The summed E-state index contributed by atoms with van der Waals surface area (Å²) in [6.07, 6.45) is 0.982. The number of imidazole rings is 1. The number of aryl methyl sites for hydroxylation is 1. The number of methoxy groups -OCH3 is 1. The molecule has 2 aromatic carbocycles.